The third-order valence-electron chi connectivity index (χ3n) is 4.17. The lowest BCUT2D eigenvalue weighted by atomic mass is 9.95. The number of likely N-dealkylation sites (tertiary alicyclic amines) is 1. The average molecular weight is 291 g/mol. The fourth-order valence-electron chi connectivity index (χ4n) is 3.03. The number of benzene rings is 1. The molecule has 1 aromatic rings. The first-order valence-electron chi connectivity index (χ1n) is 7.23. The van der Waals surface area contributed by atoms with Crippen LogP contribution in [0.25, 0.3) is 0 Å². The van der Waals surface area contributed by atoms with Gasteiger partial charge in [-0.05, 0) is 45.2 Å². The third kappa shape index (κ3) is 3.05. The number of aryl methyl sites for hydroxylation is 1. The van der Waals surface area contributed by atoms with Crippen LogP contribution >= 0.6 is 0 Å². The lowest BCUT2D eigenvalue weighted by Gasteiger charge is -2.40. The summed E-state index contributed by atoms with van der Waals surface area (Å²) in [6, 6.07) is 4.72. The first-order valence-corrected chi connectivity index (χ1v) is 7.23. The summed E-state index contributed by atoms with van der Waals surface area (Å²) >= 11 is 0. The molecule has 2 N–H and O–H groups in total. The normalized spacial score (nSPS) is 22.1. The predicted octanol–water partition coefficient (Wildman–Crippen LogP) is 2.25. The van der Waals surface area contributed by atoms with E-state index < -0.39 is 4.92 Å². The van der Waals surface area contributed by atoms with Crippen molar-refractivity contribution in [3.63, 3.8) is 0 Å². The minimum atomic E-state index is -0.435. The van der Waals surface area contributed by atoms with E-state index in [0.717, 1.165) is 19.3 Å². The molecule has 6 heteroatoms. The Kier molecular flexibility index (Phi) is 4.57. The number of hydrogen-bond acceptors (Lipinski definition) is 4. The average Bonchev–Trinajstić information content (AvgIpc) is 2.45. The van der Waals surface area contributed by atoms with Gasteiger partial charge in [-0.1, -0.05) is 0 Å². The van der Waals surface area contributed by atoms with Crippen molar-refractivity contribution < 1.29 is 9.72 Å². The number of carbonyl (C=O) groups excluding carboxylic acids is 1. The van der Waals surface area contributed by atoms with Gasteiger partial charge in [-0.2, -0.15) is 0 Å². The molecular weight excluding hydrogens is 270 g/mol. The summed E-state index contributed by atoms with van der Waals surface area (Å²) in [7, 11) is 0. The highest BCUT2D eigenvalue weighted by Gasteiger charge is 2.31. The zero-order valence-corrected chi connectivity index (χ0v) is 12.4. The Morgan fingerprint density at radius 1 is 1.48 bits per heavy atom. The molecule has 0 spiro atoms. The highest BCUT2D eigenvalue weighted by molar-refractivity contribution is 5.95. The highest BCUT2D eigenvalue weighted by atomic mass is 16.6. The van der Waals surface area contributed by atoms with Crippen LogP contribution in [0, 0.1) is 17.0 Å². The zero-order valence-electron chi connectivity index (χ0n) is 12.4. The molecule has 1 saturated heterocycles. The summed E-state index contributed by atoms with van der Waals surface area (Å²) in [6.07, 6.45) is 2.96. The number of nitrogens with zero attached hydrogens (tertiary/aromatic N) is 2. The van der Waals surface area contributed by atoms with E-state index in [1.54, 1.807) is 13.0 Å². The van der Waals surface area contributed by atoms with E-state index in [1.165, 1.54) is 12.1 Å². The number of rotatable bonds is 3. The standard InChI is InChI=1S/C15H21N3O3/c1-10-8-12(6-7-14(10)18(20)21)15(19)17-11(2)4-3-5-13(17)9-16/h6-8,11,13H,3-5,9,16H2,1-2H3. The lowest BCUT2D eigenvalue weighted by molar-refractivity contribution is -0.385. The van der Waals surface area contributed by atoms with Crippen LogP contribution in [0.2, 0.25) is 0 Å². The van der Waals surface area contributed by atoms with E-state index >= 15 is 0 Å². The van der Waals surface area contributed by atoms with Gasteiger partial charge in [0.15, 0.2) is 0 Å². The summed E-state index contributed by atoms with van der Waals surface area (Å²) in [6.45, 7) is 4.12. The Labute approximate surface area is 124 Å². The monoisotopic (exact) mass is 291 g/mol. The summed E-state index contributed by atoms with van der Waals surface area (Å²) < 4.78 is 0. The lowest BCUT2D eigenvalue weighted by Crippen LogP contribution is -2.51. The van der Waals surface area contributed by atoms with E-state index in [1.807, 2.05) is 11.8 Å². The third-order valence-corrected chi connectivity index (χ3v) is 4.17. The van der Waals surface area contributed by atoms with Crippen molar-refractivity contribution in [1.82, 2.24) is 4.90 Å². The number of amides is 1. The second-order valence-corrected chi connectivity index (χ2v) is 5.64. The van der Waals surface area contributed by atoms with Crippen molar-refractivity contribution in [1.29, 1.82) is 0 Å². The van der Waals surface area contributed by atoms with Crippen molar-refractivity contribution in [2.45, 2.75) is 45.2 Å². The number of nitrogens with two attached hydrogens (primary N) is 1. The molecule has 114 valence electrons. The van der Waals surface area contributed by atoms with Crippen LogP contribution in [0.1, 0.15) is 42.1 Å². The Morgan fingerprint density at radius 3 is 2.76 bits per heavy atom. The molecule has 21 heavy (non-hydrogen) atoms. The molecular formula is C15H21N3O3. The maximum Gasteiger partial charge on any atom is 0.272 e. The predicted molar refractivity (Wildman–Crippen MR) is 80.2 cm³/mol. The van der Waals surface area contributed by atoms with Crippen molar-refractivity contribution in [3.8, 4) is 0 Å². The van der Waals surface area contributed by atoms with Gasteiger partial charge < -0.3 is 10.6 Å². The Hall–Kier alpha value is -1.95. The maximum absolute atomic E-state index is 12.7. The zero-order chi connectivity index (χ0) is 15.6. The van der Waals surface area contributed by atoms with Crippen LogP contribution in [-0.2, 0) is 0 Å². The maximum atomic E-state index is 12.7. The molecule has 0 aromatic heterocycles. The van der Waals surface area contributed by atoms with Gasteiger partial charge in [-0.25, -0.2) is 0 Å². The fraction of sp³-hybridized carbons (Fsp3) is 0.533. The van der Waals surface area contributed by atoms with Crippen LogP contribution in [0.3, 0.4) is 0 Å². The first-order chi connectivity index (χ1) is 9.95. The van der Waals surface area contributed by atoms with Crippen LogP contribution in [0.5, 0.6) is 0 Å². The van der Waals surface area contributed by atoms with Gasteiger partial charge in [-0.15, -0.1) is 0 Å². The molecule has 2 rings (SSSR count). The van der Waals surface area contributed by atoms with Gasteiger partial charge in [-0.3, -0.25) is 14.9 Å². The quantitative estimate of drug-likeness (QED) is 0.683. The number of hydrogen-bond donors (Lipinski definition) is 1. The van der Waals surface area contributed by atoms with Gasteiger partial charge in [0.25, 0.3) is 11.6 Å². The molecule has 1 amide bonds. The van der Waals surface area contributed by atoms with E-state index in [2.05, 4.69) is 0 Å². The van der Waals surface area contributed by atoms with Gasteiger partial charge in [0, 0.05) is 35.8 Å². The molecule has 1 aliphatic heterocycles. The Morgan fingerprint density at radius 2 is 2.19 bits per heavy atom. The minimum Gasteiger partial charge on any atom is -0.332 e. The van der Waals surface area contributed by atoms with E-state index in [-0.39, 0.29) is 23.7 Å². The summed E-state index contributed by atoms with van der Waals surface area (Å²) in [5.74, 6) is -0.0874. The number of piperidine rings is 1. The van der Waals surface area contributed by atoms with Crippen molar-refractivity contribution >= 4 is 11.6 Å². The molecule has 2 unspecified atom stereocenters. The van der Waals surface area contributed by atoms with E-state index in [4.69, 9.17) is 5.73 Å². The smallest absolute Gasteiger partial charge is 0.272 e. The van der Waals surface area contributed by atoms with Crippen LogP contribution < -0.4 is 5.73 Å². The molecule has 1 aromatic carbocycles. The highest BCUT2D eigenvalue weighted by Crippen LogP contribution is 2.26. The summed E-state index contributed by atoms with van der Waals surface area (Å²) in [5, 5.41) is 10.8. The van der Waals surface area contributed by atoms with Crippen LogP contribution in [0.15, 0.2) is 18.2 Å². The largest absolute Gasteiger partial charge is 0.332 e. The minimum absolute atomic E-state index is 0.0358. The number of nitro groups is 1. The van der Waals surface area contributed by atoms with Crippen LogP contribution in [0.4, 0.5) is 5.69 Å². The molecule has 1 fully saturated rings. The first kappa shape index (κ1) is 15.4. The molecule has 0 aliphatic carbocycles. The van der Waals surface area contributed by atoms with Crippen molar-refractivity contribution in [2.75, 3.05) is 6.54 Å². The molecule has 6 nitrogen and oxygen atoms in total. The molecule has 0 saturated carbocycles. The van der Waals surface area contributed by atoms with Crippen molar-refractivity contribution in [3.05, 3.63) is 39.4 Å². The Balaban J connectivity index is 2.30. The molecule has 0 bridgehead atoms. The second kappa shape index (κ2) is 6.22. The van der Waals surface area contributed by atoms with Gasteiger partial charge in [0.1, 0.15) is 0 Å². The topological polar surface area (TPSA) is 89.5 Å². The molecule has 1 aliphatic rings. The Bertz CT molecular complexity index is 559. The summed E-state index contributed by atoms with van der Waals surface area (Å²) in [5.41, 5.74) is 6.81. The molecule has 1 heterocycles. The van der Waals surface area contributed by atoms with Gasteiger partial charge >= 0.3 is 0 Å². The molecule has 0 radical (unpaired) electrons. The summed E-state index contributed by atoms with van der Waals surface area (Å²) in [4.78, 5) is 25.0. The van der Waals surface area contributed by atoms with E-state index in [9.17, 15) is 14.9 Å². The number of carbonyl (C=O) groups is 1. The SMILES string of the molecule is Cc1cc(C(=O)N2C(C)CCCC2CN)ccc1[N+](=O)[O-]. The number of nitro benzene ring substituents is 1. The van der Waals surface area contributed by atoms with Gasteiger partial charge in [0.05, 0.1) is 4.92 Å². The molecule has 2 atom stereocenters. The second-order valence-electron chi connectivity index (χ2n) is 5.64. The van der Waals surface area contributed by atoms with Crippen LogP contribution in [-0.4, -0.2) is 34.4 Å². The van der Waals surface area contributed by atoms with E-state index in [0.29, 0.717) is 17.7 Å². The van der Waals surface area contributed by atoms with Crippen molar-refractivity contribution in [2.24, 2.45) is 5.73 Å². The van der Waals surface area contributed by atoms with Gasteiger partial charge in [0.2, 0.25) is 0 Å². The fourth-order valence-corrected chi connectivity index (χ4v) is 3.03.